The van der Waals surface area contributed by atoms with Crippen LogP contribution < -0.4 is 5.43 Å². The lowest BCUT2D eigenvalue weighted by Crippen LogP contribution is -2.47. The number of fused-ring (bicyclic) bond motifs is 5. The molecular weight excluding hydrogens is 280 g/mol. The molecule has 3 aliphatic rings. The Kier molecular flexibility index (Phi) is 2.73. The summed E-state index contributed by atoms with van der Waals surface area (Å²) in [5, 5.41) is 0.934. The molecule has 1 heterocycles. The van der Waals surface area contributed by atoms with Crippen LogP contribution in [0.4, 0.5) is 0 Å². The van der Waals surface area contributed by atoms with Gasteiger partial charge >= 0.3 is 0 Å². The molecule has 4 rings (SSSR count). The lowest BCUT2D eigenvalue weighted by molar-refractivity contribution is -0.143. The summed E-state index contributed by atoms with van der Waals surface area (Å²) in [5.74, 6) is -1.26. The predicted molar refractivity (Wildman–Crippen MR) is 78.2 cm³/mol. The Morgan fingerprint density at radius 1 is 1.05 bits per heavy atom. The Balaban J connectivity index is 1.54. The Morgan fingerprint density at radius 2 is 1.59 bits per heavy atom. The van der Waals surface area contributed by atoms with E-state index in [1.54, 1.807) is 12.1 Å². The van der Waals surface area contributed by atoms with Gasteiger partial charge in [0.2, 0.25) is 0 Å². The molecule has 3 amide bonds. The summed E-state index contributed by atoms with van der Waals surface area (Å²) in [4.78, 5) is 37.2. The van der Waals surface area contributed by atoms with E-state index in [0.29, 0.717) is 5.56 Å². The first kappa shape index (κ1) is 13.2. The van der Waals surface area contributed by atoms with Gasteiger partial charge in [0.15, 0.2) is 0 Å². The van der Waals surface area contributed by atoms with Crippen LogP contribution in [-0.4, -0.2) is 22.7 Å². The smallest absolute Gasteiger partial charge is 0.270 e. The lowest BCUT2D eigenvalue weighted by atomic mass is 9.85. The number of amides is 3. The summed E-state index contributed by atoms with van der Waals surface area (Å²) in [7, 11) is 0. The second kappa shape index (κ2) is 4.53. The van der Waals surface area contributed by atoms with Gasteiger partial charge < -0.3 is 0 Å². The number of imide groups is 1. The van der Waals surface area contributed by atoms with Gasteiger partial charge in [-0.3, -0.25) is 19.8 Å². The van der Waals surface area contributed by atoms with Crippen molar-refractivity contribution in [2.45, 2.75) is 13.3 Å². The summed E-state index contributed by atoms with van der Waals surface area (Å²) in [6, 6.07) is 7.01. The molecule has 1 aromatic carbocycles. The van der Waals surface area contributed by atoms with Crippen molar-refractivity contribution >= 4 is 17.7 Å². The predicted octanol–water partition coefficient (Wildman–Crippen LogP) is 1.45. The van der Waals surface area contributed by atoms with Crippen molar-refractivity contribution in [2.75, 3.05) is 0 Å². The van der Waals surface area contributed by atoms with E-state index in [4.69, 9.17) is 0 Å². The van der Waals surface area contributed by atoms with Gasteiger partial charge in [0, 0.05) is 5.56 Å². The normalized spacial score (nSPS) is 31.8. The van der Waals surface area contributed by atoms with Gasteiger partial charge in [-0.05, 0) is 37.3 Å². The van der Waals surface area contributed by atoms with E-state index in [1.165, 1.54) is 0 Å². The molecule has 1 saturated carbocycles. The highest BCUT2D eigenvalue weighted by Gasteiger charge is 2.59. The average Bonchev–Trinajstić information content (AvgIpc) is 3.17. The highest BCUT2D eigenvalue weighted by Crippen LogP contribution is 2.52. The van der Waals surface area contributed by atoms with Crippen LogP contribution in [0.3, 0.4) is 0 Å². The quantitative estimate of drug-likeness (QED) is 0.663. The van der Waals surface area contributed by atoms with E-state index in [9.17, 15) is 14.4 Å². The maximum Gasteiger partial charge on any atom is 0.270 e. The number of benzene rings is 1. The number of allylic oxidation sites excluding steroid dienone is 2. The van der Waals surface area contributed by atoms with Crippen molar-refractivity contribution < 1.29 is 14.4 Å². The number of hydrogen-bond acceptors (Lipinski definition) is 3. The van der Waals surface area contributed by atoms with Gasteiger partial charge in [0.05, 0.1) is 11.8 Å². The first-order valence-electron chi connectivity index (χ1n) is 7.50. The van der Waals surface area contributed by atoms with Gasteiger partial charge in [-0.1, -0.05) is 29.8 Å². The third-order valence-electron chi connectivity index (χ3n) is 5.00. The van der Waals surface area contributed by atoms with Crippen LogP contribution in [0.15, 0.2) is 36.4 Å². The SMILES string of the molecule is Cc1ccc(C(=O)NN2C(=O)[C@@H]3[C@@H](C2=O)[C@@H]2C=C[C@@H]3C2)cc1. The van der Waals surface area contributed by atoms with Crippen molar-refractivity contribution in [3.05, 3.63) is 47.5 Å². The molecule has 2 bridgehead atoms. The second-order valence-electron chi connectivity index (χ2n) is 6.32. The minimum absolute atomic E-state index is 0.146. The zero-order valence-electron chi connectivity index (χ0n) is 12.2. The van der Waals surface area contributed by atoms with Crippen LogP contribution in [0.25, 0.3) is 0 Å². The van der Waals surface area contributed by atoms with Gasteiger partial charge in [-0.15, -0.1) is 0 Å². The molecule has 22 heavy (non-hydrogen) atoms. The van der Waals surface area contributed by atoms with Crippen LogP contribution in [0.5, 0.6) is 0 Å². The number of hydrogen-bond donors (Lipinski definition) is 1. The highest BCUT2D eigenvalue weighted by atomic mass is 16.2. The van der Waals surface area contributed by atoms with Crippen molar-refractivity contribution in [1.29, 1.82) is 0 Å². The van der Waals surface area contributed by atoms with Crippen LogP contribution in [0.2, 0.25) is 0 Å². The first-order valence-corrected chi connectivity index (χ1v) is 7.50. The van der Waals surface area contributed by atoms with Crippen molar-refractivity contribution in [2.24, 2.45) is 23.7 Å². The number of aryl methyl sites for hydroxylation is 1. The van der Waals surface area contributed by atoms with Gasteiger partial charge in [-0.25, -0.2) is 0 Å². The molecular formula is C17H16N2O3. The largest absolute Gasteiger partial charge is 0.272 e. The minimum Gasteiger partial charge on any atom is -0.272 e. The zero-order valence-corrected chi connectivity index (χ0v) is 12.2. The number of rotatable bonds is 2. The molecule has 0 aromatic heterocycles. The fraction of sp³-hybridized carbons (Fsp3) is 0.353. The molecule has 4 atom stereocenters. The monoisotopic (exact) mass is 296 g/mol. The summed E-state index contributed by atoms with van der Waals surface area (Å²) in [5.41, 5.74) is 3.96. The number of nitrogens with one attached hydrogen (secondary N) is 1. The van der Waals surface area contributed by atoms with E-state index in [0.717, 1.165) is 17.0 Å². The van der Waals surface area contributed by atoms with Crippen molar-refractivity contribution in [3.63, 3.8) is 0 Å². The Hall–Kier alpha value is -2.43. The maximum absolute atomic E-state index is 12.5. The van der Waals surface area contributed by atoms with Gasteiger partial charge in [0.1, 0.15) is 0 Å². The van der Waals surface area contributed by atoms with Crippen LogP contribution in [0.1, 0.15) is 22.3 Å². The summed E-state index contributed by atoms with van der Waals surface area (Å²) in [6.07, 6.45) is 4.94. The lowest BCUT2D eigenvalue weighted by Gasteiger charge is -2.18. The molecule has 0 spiro atoms. The summed E-state index contributed by atoms with van der Waals surface area (Å²) < 4.78 is 0. The van der Waals surface area contributed by atoms with Gasteiger partial charge in [0.25, 0.3) is 17.7 Å². The number of carbonyl (C=O) groups is 3. The minimum atomic E-state index is -0.429. The zero-order chi connectivity index (χ0) is 15.4. The number of hydrazine groups is 1. The Bertz CT molecular complexity index is 677. The average molecular weight is 296 g/mol. The van der Waals surface area contributed by atoms with Gasteiger partial charge in [-0.2, -0.15) is 5.01 Å². The second-order valence-corrected chi connectivity index (χ2v) is 6.32. The van der Waals surface area contributed by atoms with E-state index in [-0.39, 0.29) is 35.5 Å². The summed E-state index contributed by atoms with van der Waals surface area (Å²) >= 11 is 0. The number of carbonyl (C=O) groups excluding carboxylic acids is 3. The molecule has 1 N–H and O–H groups in total. The fourth-order valence-electron chi connectivity index (χ4n) is 3.88. The van der Waals surface area contributed by atoms with Crippen LogP contribution in [0, 0.1) is 30.6 Å². The molecule has 1 aliphatic heterocycles. The molecule has 0 radical (unpaired) electrons. The number of nitrogens with zero attached hydrogens (tertiary/aromatic N) is 1. The van der Waals surface area contributed by atoms with Crippen LogP contribution >= 0.6 is 0 Å². The maximum atomic E-state index is 12.5. The van der Waals surface area contributed by atoms with E-state index < -0.39 is 5.91 Å². The Labute approximate surface area is 128 Å². The first-order chi connectivity index (χ1) is 10.6. The van der Waals surface area contributed by atoms with Crippen molar-refractivity contribution in [3.8, 4) is 0 Å². The molecule has 2 aliphatic carbocycles. The Morgan fingerprint density at radius 3 is 2.14 bits per heavy atom. The van der Waals surface area contributed by atoms with E-state index in [2.05, 4.69) is 5.43 Å². The topological polar surface area (TPSA) is 66.5 Å². The standard InChI is InChI=1S/C17H16N2O3/c1-9-2-4-10(5-3-9)15(20)18-19-16(21)13-11-6-7-12(8-11)14(13)17(19)22/h2-7,11-14H,8H2,1H3,(H,18,20)/t11-,12-,13+,14+/m1/s1. The third-order valence-corrected chi connectivity index (χ3v) is 5.00. The van der Waals surface area contributed by atoms with E-state index in [1.807, 2.05) is 31.2 Å². The molecule has 112 valence electrons. The highest BCUT2D eigenvalue weighted by molar-refractivity contribution is 6.08. The fourth-order valence-corrected chi connectivity index (χ4v) is 3.88. The molecule has 1 saturated heterocycles. The summed E-state index contributed by atoms with van der Waals surface area (Å²) in [6.45, 7) is 1.93. The van der Waals surface area contributed by atoms with E-state index >= 15 is 0 Å². The van der Waals surface area contributed by atoms with Crippen molar-refractivity contribution in [1.82, 2.24) is 10.4 Å². The molecule has 5 heteroatoms. The van der Waals surface area contributed by atoms with Crippen LogP contribution in [-0.2, 0) is 9.59 Å². The molecule has 0 unspecified atom stereocenters. The molecule has 2 fully saturated rings. The third kappa shape index (κ3) is 1.75. The molecule has 1 aromatic rings. The molecule has 5 nitrogen and oxygen atoms in total.